The summed E-state index contributed by atoms with van der Waals surface area (Å²) in [5.41, 5.74) is 0.538. The molecule has 2 rings (SSSR count). The number of carbonyl (C=O) groups excluding carboxylic acids is 1. The zero-order valence-electron chi connectivity index (χ0n) is 13.0. The molecule has 8 heteroatoms. The average molecular weight is 338 g/mol. The summed E-state index contributed by atoms with van der Waals surface area (Å²) >= 11 is 1.21. The Bertz CT molecular complexity index is 662. The molecule has 0 radical (unpaired) electrons. The highest BCUT2D eigenvalue weighted by molar-refractivity contribution is 7.15. The van der Waals surface area contributed by atoms with Crippen molar-refractivity contribution in [1.29, 1.82) is 0 Å². The number of hydrogen-bond donors (Lipinski definition) is 2. The van der Waals surface area contributed by atoms with Crippen molar-refractivity contribution in [1.82, 2.24) is 15.1 Å². The van der Waals surface area contributed by atoms with Crippen LogP contribution in [0.5, 0.6) is 0 Å². The van der Waals surface area contributed by atoms with Gasteiger partial charge in [0, 0.05) is 20.0 Å². The van der Waals surface area contributed by atoms with Gasteiger partial charge in [-0.1, -0.05) is 29.5 Å². The Kier molecular flexibility index (Phi) is 6.00. The lowest BCUT2D eigenvalue weighted by molar-refractivity contribution is 0.167. The van der Waals surface area contributed by atoms with Gasteiger partial charge in [-0.15, -0.1) is 10.2 Å². The monoisotopic (exact) mass is 338 g/mol. The van der Waals surface area contributed by atoms with Gasteiger partial charge in [0.2, 0.25) is 5.13 Å². The third-order valence-electron chi connectivity index (χ3n) is 3.21. The SMILES string of the molecule is CC(O)CCN(C)C(=O)Nc1nnc(Cc2ccccc2F)s1. The molecule has 124 valence electrons. The van der Waals surface area contributed by atoms with Crippen molar-refractivity contribution >= 4 is 22.5 Å². The van der Waals surface area contributed by atoms with Crippen molar-refractivity contribution in [3.63, 3.8) is 0 Å². The first kappa shape index (κ1) is 17.3. The smallest absolute Gasteiger partial charge is 0.323 e. The largest absolute Gasteiger partial charge is 0.393 e. The molecular weight excluding hydrogens is 319 g/mol. The fraction of sp³-hybridized carbons (Fsp3) is 0.400. The van der Waals surface area contributed by atoms with E-state index in [9.17, 15) is 14.3 Å². The molecule has 0 fully saturated rings. The maximum atomic E-state index is 13.6. The lowest BCUT2D eigenvalue weighted by atomic mass is 10.1. The fourth-order valence-corrected chi connectivity index (χ4v) is 2.60. The molecule has 0 saturated heterocycles. The van der Waals surface area contributed by atoms with Crippen LogP contribution in [0.1, 0.15) is 23.9 Å². The van der Waals surface area contributed by atoms with Gasteiger partial charge in [0.25, 0.3) is 0 Å². The molecule has 0 aliphatic rings. The van der Waals surface area contributed by atoms with E-state index in [0.717, 1.165) is 0 Å². The topological polar surface area (TPSA) is 78.4 Å². The minimum atomic E-state index is -0.459. The van der Waals surface area contributed by atoms with Crippen molar-refractivity contribution in [3.8, 4) is 0 Å². The maximum Gasteiger partial charge on any atom is 0.323 e. The van der Waals surface area contributed by atoms with Gasteiger partial charge in [0.05, 0.1) is 6.10 Å². The van der Waals surface area contributed by atoms with E-state index in [-0.39, 0.29) is 11.8 Å². The van der Waals surface area contributed by atoms with E-state index in [1.54, 1.807) is 32.2 Å². The molecule has 0 aliphatic heterocycles. The summed E-state index contributed by atoms with van der Waals surface area (Å²) in [4.78, 5) is 13.4. The molecule has 6 nitrogen and oxygen atoms in total. The predicted octanol–water partition coefficient (Wildman–Crippen LogP) is 2.50. The van der Waals surface area contributed by atoms with Crippen LogP contribution in [0.2, 0.25) is 0 Å². The van der Waals surface area contributed by atoms with Crippen LogP contribution in [-0.4, -0.2) is 45.9 Å². The summed E-state index contributed by atoms with van der Waals surface area (Å²) in [6.07, 6.45) is 0.371. The van der Waals surface area contributed by atoms with Gasteiger partial charge in [-0.2, -0.15) is 0 Å². The summed E-state index contributed by atoms with van der Waals surface area (Å²) < 4.78 is 13.6. The molecular formula is C15H19FN4O2S. The number of urea groups is 1. The molecule has 2 amide bonds. The predicted molar refractivity (Wildman–Crippen MR) is 87.1 cm³/mol. The Morgan fingerprint density at radius 1 is 1.43 bits per heavy atom. The number of nitrogens with one attached hydrogen (secondary N) is 1. The molecule has 0 bridgehead atoms. The number of hydrogen-bond acceptors (Lipinski definition) is 5. The highest BCUT2D eigenvalue weighted by atomic mass is 32.1. The number of amides is 2. The van der Waals surface area contributed by atoms with Crippen molar-refractivity contribution < 1.29 is 14.3 Å². The van der Waals surface area contributed by atoms with Gasteiger partial charge in [0.15, 0.2) is 0 Å². The first-order chi connectivity index (χ1) is 11.0. The Balaban J connectivity index is 1.92. The number of aliphatic hydroxyl groups is 1. The van der Waals surface area contributed by atoms with E-state index in [4.69, 9.17) is 0 Å². The fourth-order valence-electron chi connectivity index (χ4n) is 1.85. The molecule has 1 atom stereocenters. The molecule has 0 aliphatic carbocycles. The second kappa shape index (κ2) is 7.98. The van der Waals surface area contributed by atoms with E-state index in [1.807, 2.05) is 0 Å². The molecule has 1 heterocycles. The quantitative estimate of drug-likeness (QED) is 0.848. The van der Waals surface area contributed by atoms with E-state index in [2.05, 4.69) is 15.5 Å². The number of aromatic nitrogens is 2. The lowest BCUT2D eigenvalue weighted by Gasteiger charge is -2.17. The highest BCUT2D eigenvalue weighted by Crippen LogP contribution is 2.20. The molecule has 1 unspecified atom stereocenters. The van der Waals surface area contributed by atoms with Crippen molar-refractivity contribution in [3.05, 3.63) is 40.7 Å². The lowest BCUT2D eigenvalue weighted by Crippen LogP contribution is -2.33. The standard InChI is InChI=1S/C15H19FN4O2S/c1-10(21)7-8-20(2)15(22)17-14-19-18-13(23-14)9-11-5-3-4-6-12(11)16/h3-6,10,21H,7-9H2,1-2H3,(H,17,19,22). The van der Waals surface area contributed by atoms with Crippen LogP contribution in [0.4, 0.5) is 14.3 Å². The van der Waals surface area contributed by atoms with Crippen LogP contribution >= 0.6 is 11.3 Å². The molecule has 2 N–H and O–H groups in total. The van der Waals surface area contributed by atoms with Crippen molar-refractivity contribution in [2.24, 2.45) is 0 Å². The Hall–Kier alpha value is -2.06. The molecule has 1 aromatic heterocycles. The number of rotatable bonds is 6. The summed E-state index contributed by atoms with van der Waals surface area (Å²) in [5, 5.41) is 20.7. The summed E-state index contributed by atoms with van der Waals surface area (Å²) in [7, 11) is 1.64. The normalized spacial score (nSPS) is 12.0. The molecule has 2 aromatic rings. The van der Waals surface area contributed by atoms with Gasteiger partial charge in [-0.25, -0.2) is 9.18 Å². The van der Waals surface area contributed by atoms with E-state index in [1.165, 1.54) is 22.3 Å². The number of carbonyl (C=O) groups is 1. The van der Waals surface area contributed by atoms with Gasteiger partial charge in [0.1, 0.15) is 10.8 Å². The second-order valence-corrected chi connectivity index (χ2v) is 6.32. The summed E-state index contributed by atoms with van der Waals surface area (Å²) in [6, 6.07) is 6.17. The van der Waals surface area contributed by atoms with Crippen molar-refractivity contribution in [2.45, 2.75) is 25.9 Å². The molecule has 0 saturated carbocycles. The number of aliphatic hydroxyl groups excluding tert-OH is 1. The number of benzene rings is 1. The second-order valence-electron chi connectivity index (χ2n) is 5.26. The van der Waals surface area contributed by atoms with Gasteiger partial charge in [-0.3, -0.25) is 5.32 Å². The summed E-state index contributed by atoms with van der Waals surface area (Å²) in [6.45, 7) is 2.11. The van der Waals surface area contributed by atoms with Crippen LogP contribution in [0.15, 0.2) is 24.3 Å². The maximum absolute atomic E-state index is 13.6. The average Bonchev–Trinajstić information content (AvgIpc) is 2.94. The zero-order chi connectivity index (χ0) is 16.8. The molecule has 1 aromatic carbocycles. The van der Waals surface area contributed by atoms with E-state index >= 15 is 0 Å². The van der Waals surface area contributed by atoms with Crippen LogP contribution < -0.4 is 5.32 Å². The first-order valence-electron chi connectivity index (χ1n) is 7.21. The Morgan fingerprint density at radius 3 is 2.87 bits per heavy atom. The van der Waals surface area contributed by atoms with E-state index < -0.39 is 6.10 Å². The van der Waals surface area contributed by atoms with Crippen LogP contribution in [-0.2, 0) is 6.42 Å². The first-order valence-corrected chi connectivity index (χ1v) is 8.03. The number of anilines is 1. The number of nitrogens with zero attached hydrogens (tertiary/aromatic N) is 3. The van der Waals surface area contributed by atoms with Crippen LogP contribution in [0, 0.1) is 5.82 Å². The molecule has 23 heavy (non-hydrogen) atoms. The highest BCUT2D eigenvalue weighted by Gasteiger charge is 2.13. The van der Waals surface area contributed by atoms with E-state index in [0.29, 0.717) is 35.1 Å². The Morgan fingerprint density at radius 2 is 2.17 bits per heavy atom. The minimum absolute atomic E-state index is 0.286. The molecule has 0 spiro atoms. The van der Waals surface area contributed by atoms with Crippen LogP contribution in [0.3, 0.4) is 0 Å². The Labute approximate surface area is 138 Å². The zero-order valence-corrected chi connectivity index (χ0v) is 13.8. The van der Waals surface area contributed by atoms with Gasteiger partial charge >= 0.3 is 6.03 Å². The van der Waals surface area contributed by atoms with Gasteiger partial charge in [-0.05, 0) is 25.0 Å². The third kappa shape index (κ3) is 5.26. The third-order valence-corrected chi connectivity index (χ3v) is 4.05. The minimum Gasteiger partial charge on any atom is -0.393 e. The number of halogens is 1. The summed E-state index contributed by atoms with van der Waals surface area (Å²) in [5.74, 6) is -0.286. The van der Waals surface area contributed by atoms with Gasteiger partial charge < -0.3 is 10.0 Å². The van der Waals surface area contributed by atoms with Crippen molar-refractivity contribution in [2.75, 3.05) is 18.9 Å². The van der Waals surface area contributed by atoms with Crippen LogP contribution in [0.25, 0.3) is 0 Å².